The molecule has 24 heavy (non-hydrogen) atoms. The lowest BCUT2D eigenvalue weighted by atomic mass is 9.79. The number of aryl methyl sites for hydroxylation is 1. The summed E-state index contributed by atoms with van der Waals surface area (Å²) >= 11 is 0. The van der Waals surface area contributed by atoms with Crippen molar-refractivity contribution in [3.8, 4) is 5.69 Å². The minimum atomic E-state index is -0.0531. The van der Waals surface area contributed by atoms with Gasteiger partial charge in [-0.15, -0.1) is 12.4 Å². The number of piperidine rings is 1. The number of likely N-dealkylation sites (tertiary alicyclic amines) is 1. The maximum atomic E-state index is 12.9. The molecule has 3 rings (SSSR count). The number of amides is 1. The number of hydrogen-bond donors (Lipinski definition) is 1. The highest BCUT2D eigenvalue weighted by Crippen LogP contribution is 2.29. The van der Waals surface area contributed by atoms with Crippen LogP contribution in [0.4, 0.5) is 0 Å². The van der Waals surface area contributed by atoms with E-state index in [0.717, 1.165) is 23.2 Å². The molecule has 0 saturated carbocycles. The molecule has 1 saturated heterocycles. The van der Waals surface area contributed by atoms with Crippen molar-refractivity contribution in [3.63, 3.8) is 0 Å². The van der Waals surface area contributed by atoms with Gasteiger partial charge in [0.15, 0.2) is 0 Å². The standard InChI is InChI=1S/C17H23N5O.ClH/c1-12-8-13(22-11-19-10-20-22)4-5-14(12)16(23)21-7-6-15(18)17(2,3)9-21;/h4-5,8,10-11,15H,6-7,9,18H2,1-3H3;1H. The number of halogens is 1. The van der Waals surface area contributed by atoms with Crippen LogP contribution < -0.4 is 5.73 Å². The zero-order chi connectivity index (χ0) is 16.6. The van der Waals surface area contributed by atoms with Crippen LogP contribution in [0, 0.1) is 12.3 Å². The first-order valence-electron chi connectivity index (χ1n) is 7.89. The van der Waals surface area contributed by atoms with Crippen LogP contribution in [-0.4, -0.2) is 44.7 Å². The van der Waals surface area contributed by atoms with E-state index in [9.17, 15) is 4.79 Å². The molecular formula is C17H24ClN5O. The highest BCUT2D eigenvalue weighted by Gasteiger charge is 2.35. The van der Waals surface area contributed by atoms with Gasteiger partial charge in [0.05, 0.1) is 5.69 Å². The van der Waals surface area contributed by atoms with Gasteiger partial charge in [-0.1, -0.05) is 13.8 Å². The predicted molar refractivity (Wildman–Crippen MR) is 95.6 cm³/mol. The van der Waals surface area contributed by atoms with Gasteiger partial charge in [0.2, 0.25) is 0 Å². The number of carbonyl (C=O) groups excluding carboxylic acids is 1. The maximum Gasteiger partial charge on any atom is 0.254 e. The van der Waals surface area contributed by atoms with Gasteiger partial charge in [-0.05, 0) is 42.5 Å². The summed E-state index contributed by atoms with van der Waals surface area (Å²) < 4.78 is 1.68. The Labute approximate surface area is 148 Å². The Kier molecular flexibility index (Phi) is 5.30. The largest absolute Gasteiger partial charge is 0.338 e. The maximum absolute atomic E-state index is 12.9. The van der Waals surface area contributed by atoms with Crippen molar-refractivity contribution in [2.45, 2.75) is 33.2 Å². The molecule has 1 fully saturated rings. The Bertz CT molecular complexity index is 714. The van der Waals surface area contributed by atoms with Crippen LogP contribution in [0.2, 0.25) is 0 Å². The van der Waals surface area contributed by atoms with E-state index in [1.54, 1.807) is 11.0 Å². The van der Waals surface area contributed by atoms with E-state index in [1.807, 2.05) is 30.0 Å². The third kappa shape index (κ3) is 3.44. The minimum Gasteiger partial charge on any atom is -0.338 e. The molecule has 1 aliphatic rings. The fraction of sp³-hybridized carbons (Fsp3) is 0.471. The van der Waals surface area contributed by atoms with Gasteiger partial charge in [-0.25, -0.2) is 9.67 Å². The smallest absolute Gasteiger partial charge is 0.254 e. The van der Waals surface area contributed by atoms with Crippen molar-refractivity contribution < 1.29 is 4.79 Å². The Morgan fingerprint density at radius 1 is 1.38 bits per heavy atom. The van der Waals surface area contributed by atoms with E-state index >= 15 is 0 Å². The second kappa shape index (κ2) is 6.91. The molecule has 1 aromatic carbocycles. The summed E-state index contributed by atoms with van der Waals surface area (Å²) in [4.78, 5) is 18.7. The molecule has 1 amide bonds. The quantitative estimate of drug-likeness (QED) is 0.901. The third-order valence-corrected chi connectivity index (χ3v) is 4.72. The van der Waals surface area contributed by atoms with Crippen molar-refractivity contribution in [1.82, 2.24) is 19.7 Å². The molecule has 0 aliphatic carbocycles. The molecule has 0 spiro atoms. The van der Waals surface area contributed by atoms with Crippen LogP contribution in [0.15, 0.2) is 30.9 Å². The number of benzene rings is 1. The first-order chi connectivity index (χ1) is 10.9. The van der Waals surface area contributed by atoms with Crippen molar-refractivity contribution in [1.29, 1.82) is 0 Å². The van der Waals surface area contributed by atoms with Crippen LogP contribution >= 0.6 is 12.4 Å². The fourth-order valence-corrected chi connectivity index (χ4v) is 3.09. The molecule has 1 unspecified atom stereocenters. The molecule has 7 heteroatoms. The number of hydrogen-bond acceptors (Lipinski definition) is 4. The topological polar surface area (TPSA) is 77.0 Å². The molecule has 1 aliphatic heterocycles. The van der Waals surface area contributed by atoms with E-state index < -0.39 is 0 Å². The molecular weight excluding hydrogens is 326 g/mol. The molecule has 130 valence electrons. The molecule has 6 nitrogen and oxygen atoms in total. The van der Waals surface area contributed by atoms with Gasteiger partial charge in [0.1, 0.15) is 12.7 Å². The van der Waals surface area contributed by atoms with E-state index in [2.05, 4.69) is 23.9 Å². The van der Waals surface area contributed by atoms with Crippen LogP contribution in [-0.2, 0) is 0 Å². The summed E-state index contributed by atoms with van der Waals surface area (Å²) in [5.41, 5.74) is 8.69. The number of rotatable bonds is 2. The van der Waals surface area contributed by atoms with Crippen LogP contribution in [0.3, 0.4) is 0 Å². The monoisotopic (exact) mass is 349 g/mol. The van der Waals surface area contributed by atoms with Crippen molar-refractivity contribution in [2.75, 3.05) is 13.1 Å². The summed E-state index contributed by atoms with van der Waals surface area (Å²) in [5, 5.41) is 4.12. The Hall–Kier alpha value is -1.92. The number of nitrogens with zero attached hydrogens (tertiary/aromatic N) is 4. The first-order valence-corrected chi connectivity index (χ1v) is 7.89. The van der Waals surface area contributed by atoms with Crippen molar-refractivity contribution in [2.24, 2.45) is 11.1 Å². The van der Waals surface area contributed by atoms with Crippen LogP contribution in [0.5, 0.6) is 0 Å². The van der Waals surface area contributed by atoms with Gasteiger partial charge in [-0.3, -0.25) is 4.79 Å². The average molecular weight is 350 g/mol. The number of carbonyl (C=O) groups is 1. The zero-order valence-corrected chi connectivity index (χ0v) is 15.1. The van der Waals surface area contributed by atoms with E-state index in [4.69, 9.17) is 5.73 Å². The van der Waals surface area contributed by atoms with Gasteiger partial charge in [0, 0.05) is 24.7 Å². The molecule has 2 heterocycles. The highest BCUT2D eigenvalue weighted by atomic mass is 35.5. The lowest BCUT2D eigenvalue weighted by Crippen LogP contribution is -2.54. The second-order valence-corrected chi connectivity index (χ2v) is 6.95. The summed E-state index contributed by atoms with van der Waals surface area (Å²) in [6.45, 7) is 7.61. The molecule has 1 aromatic heterocycles. The fourth-order valence-electron chi connectivity index (χ4n) is 3.09. The number of aromatic nitrogens is 3. The minimum absolute atomic E-state index is 0. The predicted octanol–water partition coefficient (Wildman–Crippen LogP) is 2.20. The Balaban J connectivity index is 0.00000208. The lowest BCUT2D eigenvalue weighted by molar-refractivity contribution is 0.0532. The average Bonchev–Trinajstić information content (AvgIpc) is 3.03. The second-order valence-electron chi connectivity index (χ2n) is 6.95. The normalized spacial score (nSPS) is 19.7. The highest BCUT2D eigenvalue weighted by molar-refractivity contribution is 5.96. The van der Waals surface area contributed by atoms with E-state index in [-0.39, 0.29) is 29.8 Å². The van der Waals surface area contributed by atoms with Gasteiger partial charge in [-0.2, -0.15) is 5.10 Å². The van der Waals surface area contributed by atoms with E-state index in [0.29, 0.717) is 13.1 Å². The number of nitrogens with two attached hydrogens (primary N) is 1. The molecule has 2 aromatic rings. The lowest BCUT2D eigenvalue weighted by Gasteiger charge is -2.42. The zero-order valence-electron chi connectivity index (χ0n) is 14.3. The molecule has 0 bridgehead atoms. The van der Waals surface area contributed by atoms with Crippen LogP contribution in [0.1, 0.15) is 36.2 Å². The van der Waals surface area contributed by atoms with E-state index in [1.165, 1.54) is 6.33 Å². The van der Waals surface area contributed by atoms with Gasteiger partial charge >= 0.3 is 0 Å². The molecule has 0 radical (unpaired) electrons. The summed E-state index contributed by atoms with van der Waals surface area (Å²) in [6, 6.07) is 5.87. The van der Waals surface area contributed by atoms with Crippen LogP contribution in [0.25, 0.3) is 5.69 Å². The SMILES string of the molecule is Cc1cc(-n2cncn2)ccc1C(=O)N1CCC(N)C(C)(C)C1.Cl. The summed E-state index contributed by atoms with van der Waals surface area (Å²) in [5.74, 6) is 0.0765. The summed E-state index contributed by atoms with van der Waals surface area (Å²) in [7, 11) is 0. The van der Waals surface area contributed by atoms with Gasteiger partial charge in [0.25, 0.3) is 5.91 Å². The van der Waals surface area contributed by atoms with Gasteiger partial charge < -0.3 is 10.6 Å². The molecule has 1 atom stereocenters. The van der Waals surface area contributed by atoms with Crippen molar-refractivity contribution in [3.05, 3.63) is 42.0 Å². The Morgan fingerprint density at radius 2 is 2.12 bits per heavy atom. The molecule has 2 N–H and O–H groups in total. The van der Waals surface area contributed by atoms with Crippen molar-refractivity contribution >= 4 is 18.3 Å². The third-order valence-electron chi connectivity index (χ3n) is 4.72. The summed E-state index contributed by atoms with van der Waals surface area (Å²) in [6.07, 6.45) is 3.98. The Morgan fingerprint density at radius 3 is 2.71 bits per heavy atom. The first kappa shape index (κ1) is 18.4.